The lowest BCUT2D eigenvalue weighted by molar-refractivity contribution is -0.117. The van der Waals surface area contributed by atoms with E-state index in [1.807, 2.05) is 6.20 Å². The highest BCUT2D eigenvalue weighted by Gasteiger charge is 2.25. The maximum Gasteiger partial charge on any atom is 0.232 e. The minimum Gasteiger partial charge on any atom is -0.314 e. The number of rotatable bonds is 3. The minimum absolute atomic E-state index is 0.112. The van der Waals surface area contributed by atoms with E-state index in [1.54, 1.807) is 11.9 Å². The number of carbonyl (C=O) groups excluding carboxylic acids is 1. The predicted octanol–water partition coefficient (Wildman–Crippen LogP) is 1.67. The fraction of sp³-hybridized carbons (Fsp3) is 0.368. The van der Waals surface area contributed by atoms with Crippen LogP contribution < -0.4 is 10.2 Å². The highest BCUT2D eigenvalue weighted by atomic mass is 16.2. The van der Waals surface area contributed by atoms with Crippen LogP contribution in [-0.4, -0.2) is 49.0 Å². The molecule has 1 aromatic heterocycles. The van der Waals surface area contributed by atoms with Crippen molar-refractivity contribution in [3.63, 3.8) is 0 Å². The Bertz CT molecular complexity index is 750. The summed E-state index contributed by atoms with van der Waals surface area (Å²) in [6.45, 7) is 5.37. The van der Waals surface area contributed by atoms with E-state index in [9.17, 15) is 4.79 Å². The second kappa shape index (κ2) is 6.34. The molecular formula is C19H22N4O. The second-order valence-corrected chi connectivity index (χ2v) is 6.56. The number of nitrogens with one attached hydrogen (secondary N) is 1. The van der Waals surface area contributed by atoms with Crippen LogP contribution in [0.15, 0.2) is 36.5 Å². The van der Waals surface area contributed by atoms with Gasteiger partial charge in [-0.2, -0.15) is 0 Å². The Labute approximate surface area is 142 Å². The molecule has 5 nitrogen and oxygen atoms in total. The third kappa shape index (κ3) is 2.92. The SMILES string of the molecule is CN1C(=O)Cc2cc(-c3ccc(CN4CCNCC4)cc3)cnc21. The molecule has 2 aliphatic rings. The molecule has 124 valence electrons. The number of piperazine rings is 1. The zero-order valence-electron chi connectivity index (χ0n) is 14.0. The fourth-order valence-electron chi connectivity index (χ4n) is 3.42. The molecule has 1 saturated heterocycles. The molecule has 0 radical (unpaired) electrons. The average molecular weight is 322 g/mol. The molecule has 24 heavy (non-hydrogen) atoms. The van der Waals surface area contributed by atoms with E-state index in [0.29, 0.717) is 6.42 Å². The first-order valence-corrected chi connectivity index (χ1v) is 8.48. The number of hydrogen-bond donors (Lipinski definition) is 1. The first kappa shape index (κ1) is 15.3. The topological polar surface area (TPSA) is 48.5 Å². The number of hydrogen-bond acceptors (Lipinski definition) is 4. The van der Waals surface area contributed by atoms with Crippen molar-refractivity contribution in [1.82, 2.24) is 15.2 Å². The first-order chi connectivity index (χ1) is 11.7. The number of nitrogens with zero attached hydrogens (tertiary/aromatic N) is 3. The predicted molar refractivity (Wildman–Crippen MR) is 94.9 cm³/mol. The number of likely N-dealkylation sites (N-methyl/N-ethyl adjacent to an activating group) is 1. The van der Waals surface area contributed by atoms with Crippen LogP contribution in [-0.2, 0) is 17.8 Å². The quantitative estimate of drug-likeness (QED) is 0.934. The molecule has 1 N–H and O–H groups in total. The van der Waals surface area contributed by atoms with Gasteiger partial charge >= 0.3 is 0 Å². The Morgan fingerprint density at radius 2 is 1.88 bits per heavy atom. The van der Waals surface area contributed by atoms with Gasteiger partial charge in [0.05, 0.1) is 6.42 Å². The van der Waals surface area contributed by atoms with Gasteiger partial charge in [0.2, 0.25) is 5.91 Å². The molecule has 1 fully saturated rings. The Morgan fingerprint density at radius 1 is 1.12 bits per heavy atom. The van der Waals surface area contributed by atoms with Gasteiger partial charge in [-0.1, -0.05) is 24.3 Å². The van der Waals surface area contributed by atoms with Gasteiger partial charge in [0.1, 0.15) is 5.82 Å². The van der Waals surface area contributed by atoms with Gasteiger partial charge in [-0.15, -0.1) is 0 Å². The summed E-state index contributed by atoms with van der Waals surface area (Å²) in [5, 5.41) is 3.38. The second-order valence-electron chi connectivity index (χ2n) is 6.56. The number of benzene rings is 1. The number of anilines is 1. The maximum atomic E-state index is 11.8. The molecule has 0 aliphatic carbocycles. The third-order valence-corrected chi connectivity index (χ3v) is 4.88. The molecule has 1 amide bonds. The van der Waals surface area contributed by atoms with Crippen LogP contribution in [0.25, 0.3) is 11.1 Å². The normalized spacial score (nSPS) is 18.0. The lowest BCUT2D eigenvalue weighted by atomic mass is 10.0. The summed E-state index contributed by atoms with van der Waals surface area (Å²) in [7, 11) is 1.78. The van der Waals surface area contributed by atoms with Gasteiger partial charge in [-0.3, -0.25) is 14.6 Å². The number of aromatic nitrogens is 1. The molecule has 3 heterocycles. The molecule has 2 aromatic rings. The van der Waals surface area contributed by atoms with E-state index in [2.05, 4.69) is 45.5 Å². The summed E-state index contributed by atoms with van der Waals surface area (Å²) in [6, 6.07) is 10.8. The molecule has 2 aliphatic heterocycles. The Kier molecular flexibility index (Phi) is 4.04. The van der Waals surface area contributed by atoms with Crippen molar-refractivity contribution in [1.29, 1.82) is 0 Å². The Hall–Kier alpha value is -2.24. The molecule has 0 atom stereocenters. The Morgan fingerprint density at radius 3 is 2.62 bits per heavy atom. The van der Waals surface area contributed by atoms with Crippen LogP contribution in [0.3, 0.4) is 0 Å². The monoisotopic (exact) mass is 322 g/mol. The number of pyridine rings is 1. The van der Waals surface area contributed by atoms with Crippen molar-refractivity contribution >= 4 is 11.7 Å². The van der Waals surface area contributed by atoms with Gasteiger partial charge in [0.25, 0.3) is 0 Å². The lowest BCUT2D eigenvalue weighted by Crippen LogP contribution is -2.42. The van der Waals surface area contributed by atoms with Crippen LogP contribution in [0, 0.1) is 0 Å². The van der Waals surface area contributed by atoms with E-state index in [1.165, 1.54) is 5.56 Å². The number of carbonyl (C=O) groups is 1. The fourth-order valence-corrected chi connectivity index (χ4v) is 3.42. The molecule has 4 rings (SSSR count). The standard InChI is InChI=1S/C19H22N4O/c1-22-18(24)11-16-10-17(12-21-19(16)22)15-4-2-14(3-5-15)13-23-8-6-20-7-9-23/h2-5,10,12,20H,6-9,11,13H2,1H3. The van der Waals surface area contributed by atoms with E-state index < -0.39 is 0 Å². The van der Waals surface area contributed by atoms with E-state index in [-0.39, 0.29) is 5.91 Å². The zero-order chi connectivity index (χ0) is 16.5. The smallest absolute Gasteiger partial charge is 0.232 e. The molecular weight excluding hydrogens is 300 g/mol. The van der Waals surface area contributed by atoms with Gasteiger partial charge in [0.15, 0.2) is 0 Å². The van der Waals surface area contributed by atoms with E-state index >= 15 is 0 Å². The minimum atomic E-state index is 0.112. The molecule has 0 bridgehead atoms. The summed E-state index contributed by atoms with van der Waals surface area (Å²) < 4.78 is 0. The lowest BCUT2D eigenvalue weighted by Gasteiger charge is -2.27. The summed E-state index contributed by atoms with van der Waals surface area (Å²) in [6.07, 6.45) is 2.31. The van der Waals surface area contributed by atoms with Crippen molar-refractivity contribution in [2.24, 2.45) is 0 Å². The van der Waals surface area contributed by atoms with Gasteiger partial charge in [-0.05, 0) is 17.2 Å². The van der Waals surface area contributed by atoms with Crippen LogP contribution >= 0.6 is 0 Å². The number of amides is 1. The summed E-state index contributed by atoms with van der Waals surface area (Å²) in [4.78, 5) is 20.4. The zero-order valence-corrected chi connectivity index (χ0v) is 14.0. The van der Waals surface area contributed by atoms with Crippen LogP contribution in [0.5, 0.6) is 0 Å². The highest BCUT2D eigenvalue weighted by molar-refractivity contribution is 6.00. The van der Waals surface area contributed by atoms with Crippen LogP contribution in [0.2, 0.25) is 0 Å². The molecule has 5 heteroatoms. The molecule has 1 aromatic carbocycles. The van der Waals surface area contributed by atoms with Crippen molar-refractivity contribution in [2.45, 2.75) is 13.0 Å². The van der Waals surface area contributed by atoms with Gasteiger partial charge < -0.3 is 5.32 Å². The molecule has 0 unspecified atom stereocenters. The van der Waals surface area contributed by atoms with Crippen molar-refractivity contribution in [3.05, 3.63) is 47.7 Å². The van der Waals surface area contributed by atoms with Crippen LogP contribution in [0.4, 0.5) is 5.82 Å². The van der Waals surface area contributed by atoms with Gasteiger partial charge in [-0.25, -0.2) is 4.98 Å². The average Bonchev–Trinajstić information content (AvgIpc) is 2.90. The van der Waals surface area contributed by atoms with Crippen LogP contribution in [0.1, 0.15) is 11.1 Å². The van der Waals surface area contributed by atoms with E-state index in [0.717, 1.165) is 55.2 Å². The van der Waals surface area contributed by atoms with Crippen molar-refractivity contribution in [2.75, 3.05) is 38.1 Å². The molecule has 0 saturated carbocycles. The third-order valence-electron chi connectivity index (χ3n) is 4.88. The highest BCUT2D eigenvalue weighted by Crippen LogP contribution is 2.29. The van der Waals surface area contributed by atoms with Crippen molar-refractivity contribution < 1.29 is 4.79 Å². The molecule has 0 spiro atoms. The first-order valence-electron chi connectivity index (χ1n) is 8.48. The Balaban J connectivity index is 1.51. The summed E-state index contributed by atoms with van der Waals surface area (Å²) in [5.41, 5.74) is 4.58. The number of fused-ring (bicyclic) bond motifs is 1. The van der Waals surface area contributed by atoms with E-state index in [4.69, 9.17) is 0 Å². The summed E-state index contributed by atoms with van der Waals surface area (Å²) in [5.74, 6) is 0.903. The maximum absolute atomic E-state index is 11.8. The summed E-state index contributed by atoms with van der Waals surface area (Å²) >= 11 is 0. The van der Waals surface area contributed by atoms with Gasteiger partial charge in [0, 0.05) is 57.1 Å². The van der Waals surface area contributed by atoms with Crippen molar-refractivity contribution in [3.8, 4) is 11.1 Å². The largest absolute Gasteiger partial charge is 0.314 e.